The van der Waals surface area contributed by atoms with Gasteiger partial charge in [0.25, 0.3) is 0 Å². The fourth-order valence-corrected chi connectivity index (χ4v) is 3.80. The zero-order chi connectivity index (χ0) is 16.8. The molecule has 2 fully saturated rings. The molecular formula is C19H30N4O. The van der Waals surface area contributed by atoms with Crippen LogP contribution in [-0.4, -0.2) is 53.5 Å². The molecule has 3 rings (SSSR count). The highest BCUT2D eigenvalue weighted by molar-refractivity contribution is 5.74. The molecule has 1 N–H and O–H groups in total. The number of nitrogens with zero attached hydrogens (tertiary/aromatic N) is 3. The van der Waals surface area contributed by atoms with Crippen molar-refractivity contribution in [3.8, 4) is 0 Å². The molecular weight excluding hydrogens is 300 g/mol. The quantitative estimate of drug-likeness (QED) is 0.923. The Labute approximate surface area is 145 Å². The molecule has 5 nitrogen and oxygen atoms in total. The van der Waals surface area contributed by atoms with Gasteiger partial charge in [-0.1, -0.05) is 13.0 Å². The van der Waals surface area contributed by atoms with E-state index in [2.05, 4.69) is 22.1 Å². The van der Waals surface area contributed by atoms with Gasteiger partial charge in [-0.3, -0.25) is 4.98 Å². The fraction of sp³-hybridized carbons (Fsp3) is 0.684. The summed E-state index contributed by atoms with van der Waals surface area (Å²) in [5, 5.41) is 3.03. The number of nitrogens with one attached hydrogen (secondary N) is 1. The first-order valence-corrected chi connectivity index (χ1v) is 9.34. The first kappa shape index (κ1) is 17.2. The van der Waals surface area contributed by atoms with E-state index in [1.807, 2.05) is 17.0 Å². The van der Waals surface area contributed by atoms with Crippen molar-refractivity contribution >= 4 is 6.03 Å². The topological polar surface area (TPSA) is 48.5 Å². The molecule has 0 saturated carbocycles. The second-order valence-electron chi connectivity index (χ2n) is 7.46. The van der Waals surface area contributed by atoms with Gasteiger partial charge in [-0.25, -0.2) is 4.79 Å². The van der Waals surface area contributed by atoms with Crippen molar-refractivity contribution in [2.75, 3.05) is 32.7 Å². The van der Waals surface area contributed by atoms with Crippen LogP contribution in [-0.2, 0) is 6.54 Å². The first-order chi connectivity index (χ1) is 11.7. The average molecular weight is 330 g/mol. The van der Waals surface area contributed by atoms with Gasteiger partial charge in [0, 0.05) is 38.6 Å². The molecule has 2 aliphatic heterocycles. The first-order valence-electron chi connectivity index (χ1n) is 9.34. The zero-order valence-corrected chi connectivity index (χ0v) is 14.8. The van der Waals surface area contributed by atoms with Crippen molar-refractivity contribution in [3.05, 3.63) is 30.1 Å². The average Bonchev–Trinajstić information content (AvgIpc) is 2.63. The van der Waals surface area contributed by atoms with Gasteiger partial charge in [-0.15, -0.1) is 0 Å². The molecule has 0 aliphatic carbocycles. The highest BCUT2D eigenvalue weighted by Gasteiger charge is 2.26. The second-order valence-corrected chi connectivity index (χ2v) is 7.46. The van der Waals surface area contributed by atoms with E-state index < -0.39 is 0 Å². The highest BCUT2D eigenvalue weighted by Crippen LogP contribution is 2.21. The number of rotatable bonds is 4. The summed E-state index contributed by atoms with van der Waals surface area (Å²) in [5.41, 5.74) is 1.04. The zero-order valence-electron chi connectivity index (χ0n) is 14.8. The normalized spacial score (nSPS) is 23.2. The van der Waals surface area contributed by atoms with Gasteiger partial charge in [0.15, 0.2) is 0 Å². The lowest BCUT2D eigenvalue weighted by molar-refractivity contribution is 0.120. The van der Waals surface area contributed by atoms with Crippen LogP contribution in [0.2, 0.25) is 0 Å². The van der Waals surface area contributed by atoms with Crippen molar-refractivity contribution in [2.45, 2.75) is 39.2 Å². The van der Waals surface area contributed by atoms with Gasteiger partial charge < -0.3 is 15.1 Å². The largest absolute Gasteiger partial charge is 0.334 e. The molecule has 0 bridgehead atoms. The van der Waals surface area contributed by atoms with Gasteiger partial charge in [-0.2, -0.15) is 0 Å². The monoisotopic (exact) mass is 330 g/mol. The minimum absolute atomic E-state index is 0.0656. The van der Waals surface area contributed by atoms with Gasteiger partial charge >= 0.3 is 6.03 Å². The van der Waals surface area contributed by atoms with E-state index in [0.29, 0.717) is 12.5 Å². The van der Waals surface area contributed by atoms with E-state index >= 15 is 0 Å². The van der Waals surface area contributed by atoms with Crippen LogP contribution >= 0.6 is 0 Å². The number of likely N-dealkylation sites (tertiary alicyclic amines) is 2. The van der Waals surface area contributed by atoms with E-state index in [4.69, 9.17) is 0 Å². The van der Waals surface area contributed by atoms with Crippen molar-refractivity contribution < 1.29 is 4.79 Å². The summed E-state index contributed by atoms with van der Waals surface area (Å²) in [6.07, 6.45) is 8.57. The van der Waals surface area contributed by atoms with Crippen LogP contribution in [0.5, 0.6) is 0 Å². The molecule has 5 heteroatoms. The number of hydrogen-bond acceptors (Lipinski definition) is 3. The highest BCUT2D eigenvalue weighted by atomic mass is 16.2. The van der Waals surface area contributed by atoms with Crippen LogP contribution in [0.15, 0.2) is 24.5 Å². The van der Waals surface area contributed by atoms with E-state index in [9.17, 15) is 4.79 Å². The van der Waals surface area contributed by atoms with E-state index in [1.54, 1.807) is 12.4 Å². The predicted octanol–water partition coefficient (Wildman–Crippen LogP) is 2.74. The maximum Gasteiger partial charge on any atom is 0.317 e. The van der Waals surface area contributed by atoms with Crippen LogP contribution in [0.4, 0.5) is 4.79 Å². The van der Waals surface area contributed by atoms with Crippen LogP contribution in [0.25, 0.3) is 0 Å². The molecule has 0 aromatic carbocycles. The number of carbonyl (C=O) groups is 1. The Hall–Kier alpha value is -1.62. The molecule has 24 heavy (non-hydrogen) atoms. The summed E-state index contributed by atoms with van der Waals surface area (Å²) in [6.45, 7) is 8.29. The third-order valence-electron chi connectivity index (χ3n) is 5.37. The number of piperidine rings is 2. The SMILES string of the molecule is CC1CCN(C[C@H]2CCCN(C(=O)NCc3cccnc3)C2)CC1. The van der Waals surface area contributed by atoms with E-state index in [-0.39, 0.29) is 6.03 Å². The molecule has 0 radical (unpaired) electrons. The molecule has 2 amide bonds. The van der Waals surface area contributed by atoms with Crippen LogP contribution in [0.1, 0.15) is 38.2 Å². The standard InChI is InChI=1S/C19H30N4O/c1-16-6-10-22(11-7-16)14-18-5-3-9-23(15-18)19(24)21-13-17-4-2-8-20-12-17/h2,4,8,12,16,18H,3,5-7,9-11,13-15H2,1H3,(H,21,24)/t18-/m1/s1. The molecule has 1 aromatic heterocycles. The number of amides is 2. The number of carbonyl (C=O) groups excluding carboxylic acids is 1. The van der Waals surface area contributed by atoms with Gasteiger partial charge in [-0.05, 0) is 62.2 Å². The Morgan fingerprint density at radius 1 is 1.29 bits per heavy atom. The van der Waals surface area contributed by atoms with Crippen molar-refractivity contribution in [1.29, 1.82) is 0 Å². The molecule has 2 saturated heterocycles. The summed E-state index contributed by atoms with van der Waals surface area (Å²) in [4.78, 5) is 21.1. The number of hydrogen-bond donors (Lipinski definition) is 1. The molecule has 3 heterocycles. The summed E-state index contributed by atoms with van der Waals surface area (Å²) in [6, 6.07) is 3.96. The molecule has 0 unspecified atom stereocenters. The van der Waals surface area contributed by atoms with E-state index in [1.165, 1.54) is 32.4 Å². The lowest BCUT2D eigenvalue weighted by Crippen LogP contribution is -2.48. The lowest BCUT2D eigenvalue weighted by Gasteiger charge is -2.37. The van der Waals surface area contributed by atoms with Crippen molar-refractivity contribution in [2.24, 2.45) is 11.8 Å². The minimum Gasteiger partial charge on any atom is -0.334 e. The number of urea groups is 1. The number of pyridine rings is 1. The fourth-order valence-electron chi connectivity index (χ4n) is 3.80. The smallest absolute Gasteiger partial charge is 0.317 e. The summed E-state index contributed by atoms with van der Waals surface area (Å²) in [5.74, 6) is 1.50. The molecule has 1 atom stereocenters. The summed E-state index contributed by atoms with van der Waals surface area (Å²) in [7, 11) is 0. The maximum atomic E-state index is 12.4. The minimum atomic E-state index is 0.0656. The maximum absolute atomic E-state index is 12.4. The van der Waals surface area contributed by atoms with Crippen molar-refractivity contribution in [3.63, 3.8) is 0 Å². The predicted molar refractivity (Wildman–Crippen MR) is 95.6 cm³/mol. The summed E-state index contributed by atoms with van der Waals surface area (Å²) >= 11 is 0. The van der Waals surface area contributed by atoms with Gasteiger partial charge in [0.05, 0.1) is 0 Å². The van der Waals surface area contributed by atoms with Gasteiger partial charge in [0.1, 0.15) is 0 Å². The lowest BCUT2D eigenvalue weighted by atomic mass is 9.94. The summed E-state index contributed by atoms with van der Waals surface area (Å²) < 4.78 is 0. The van der Waals surface area contributed by atoms with Crippen molar-refractivity contribution in [1.82, 2.24) is 20.1 Å². The third kappa shape index (κ3) is 4.94. The van der Waals surface area contributed by atoms with E-state index in [0.717, 1.165) is 37.5 Å². The number of aromatic nitrogens is 1. The van der Waals surface area contributed by atoms with Crippen LogP contribution in [0.3, 0.4) is 0 Å². The Balaban J connectivity index is 1.43. The molecule has 0 spiro atoms. The molecule has 1 aromatic rings. The Kier molecular flexibility index (Phi) is 6.07. The Morgan fingerprint density at radius 2 is 2.12 bits per heavy atom. The molecule has 132 valence electrons. The molecule has 2 aliphatic rings. The third-order valence-corrected chi connectivity index (χ3v) is 5.37. The Bertz CT molecular complexity index is 513. The van der Waals surface area contributed by atoms with Crippen LogP contribution < -0.4 is 5.32 Å². The second kappa shape index (κ2) is 8.47. The van der Waals surface area contributed by atoms with Gasteiger partial charge in [0.2, 0.25) is 0 Å². The Morgan fingerprint density at radius 3 is 2.88 bits per heavy atom. The van der Waals surface area contributed by atoms with Crippen LogP contribution in [0, 0.1) is 11.8 Å².